The minimum Gasteiger partial charge on any atom is -0.205 e. The molecule has 1 rings (SSSR count). The summed E-state index contributed by atoms with van der Waals surface area (Å²) in [7, 11) is 0. The number of alkyl halides is 1. The number of hydrogen-bond donors (Lipinski definition) is 0. The molecule has 0 bridgehead atoms. The molecule has 0 aliphatic carbocycles. The summed E-state index contributed by atoms with van der Waals surface area (Å²) in [5, 5.41) is 0.184. The van der Waals surface area contributed by atoms with E-state index in [1.807, 2.05) is 0 Å². The van der Waals surface area contributed by atoms with Crippen molar-refractivity contribution in [1.82, 2.24) is 0 Å². The van der Waals surface area contributed by atoms with E-state index in [1.54, 1.807) is 30.0 Å². The van der Waals surface area contributed by atoms with Gasteiger partial charge in [0.1, 0.15) is 5.82 Å². The van der Waals surface area contributed by atoms with Gasteiger partial charge in [-0.15, -0.1) is 11.6 Å². The molecule has 0 unspecified atom stereocenters. The molecule has 0 saturated carbocycles. The van der Waals surface area contributed by atoms with Crippen molar-refractivity contribution < 1.29 is 4.39 Å². The predicted octanol–water partition coefficient (Wildman–Crippen LogP) is 3.95. The van der Waals surface area contributed by atoms with Gasteiger partial charge < -0.3 is 0 Å². The summed E-state index contributed by atoms with van der Waals surface area (Å²) >= 11 is 12.7. The number of benzene rings is 1. The Morgan fingerprint density at radius 2 is 2.15 bits per heavy atom. The number of thioether (sulfide) groups is 1. The molecule has 4 heteroatoms. The zero-order valence-corrected chi connectivity index (χ0v) is 9.22. The van der Waals surface area contributed by atoms with Crippen molar-refractivity contribution in [2.45, 2.75) is 5.75 Å². The van der Waals surface area contributed by atoms with Gasteiger partial charge in [-0.2, -0.15) is 11.8 Å². The van der Waals surface area contributed by atoms with Crippen LogP contribution in [0.1, 0.15) is 5.56 Å². The minimum atomic E-state index is -0.314. The third-order valence-electron chi connectivity index (χ3n) is 1.51. The topological polar surface area (TPSA) is 0 Å². The van der Waals surface area contributed by atoms with Gasteiger partial charge in [0.25, 0.3) is 0 Å². The van der Waals surface area contributed by atoms with Crippen LogP contribution in [0.2, 0.25) is 5.02 Å². The first-order chi connectivity index (χ1) is 6.25. The standard InChI is InChI=1S/C9H9Cl2FS/c10-4-5-13-6-7-2-1-3-8(11)9(7)12/h1-3H,4-6H2. The fraction of sp³-hybridized carbons (Fsp3) is 0.333. The highest BCUT2D eigenvalue weighted by molar-refractivity contribution is 7.98. The molecule has 72 valence electrons. The van der Waals surface area contributed by atoms with Crippen LogP contribution in [0.4, 0.5) is 4.39 Å². The van der Waals surface area contributed by atoms with E-state index in [4.69, 9.17) is 23.2 Å². The summed E-state index contributed by atoms with van der Waals surface area (Å²) in [6.45, 7) is 0. The Bertz CT molecular complexity index is 278. The average Bonchev–Trinajstić information content (AvgIpc) is 2.13. The first-order valence-electron chi connectivity index (χ1n) is 3.82. The van der Waals surface area contributed by atoms with Crippen LogP contribution in [-0.4, -0.2) is 11.6 Å². The maximum Gasteiger partial charge on any atom is 0.145 e. The second-order valence-corrected chi connectivity index (χ2v) is 4.34. The molecule has 0 saturated heterocycles. The lowest BCUT2D eigenvalue weighted by atomic mass is 10.2. The second kappa shape index (κ2) is 5.74. The summed E-state index contributed by atoms with van der Waals surface area (Å²) < 4.78 is 13.3. The van der Waals surface area contributed by atoms with Crippen LogP contribution in [0.3, 0.4) is 0 Å². The highest BCUT2D eigenvalue weighted by Crippen LogP contribution is 2.21. The van der Waals surface area contributed by atoms with E-state index in [2.05, 4.69) is 0 Å². The van der Waals surface area contributed by atoms with Crippen molar-refractivity contribution in [3.8, 4) is 0 Å². The zero-order chi connectivity index (χ0) is 9.68. The molecular formula is C9H9Cl2FS. The van der Waals surface area contributed by atoms with E-state index >= 15 is 0 Å². The maximum atomic E-state index is 13.3. The Balaban J connectivity index is 2.61. The lowest BCUT2D eigenvalue weighted by Crippen LogP contribution is -1.89. The van der Waals surface area contributed by atoms with Gasteiger partial charge in [0, 0.05) is 17.4 Å². The molecule has 0 nitrogen and oxygen atoms in total. The van der Waals surface area contributed by atoms with Crippen molar-refractivity contribution in [2.24, 2.45) is 0 Å². The average molecular weight is 239 g/mol. The van der Waals surface area contributed by atoms with E-state index in [0.29, 0.717) is 17.2 Å². The molecule has 0 N–H and O–H groups in total. The van der Waals surface area contributed by atoms with Crippen LogP contribution < -0.4 is 0 Å². The first kappa shape index (κ1) is 11.2. The fourth-order valence-electron chi connectivity index (χ4n) is 0.897. The molecule has 1 aromatic carbocycles. The fourth-order valence-corrected chi connectivity index (χ4v) is 2.11. The Morgan fingerprint density at radius 1 is 1.38 bits per heavy atom. The van der Waals surface area contributed by atoms with Crippen LogP contribution in [-0.2, 0) is 5.75 Å². The highest BCUT2D eigenvalue weighted by Gasteiger charge is 2.05. The van der Waals surface area contributed by atoms with Crippen molar-refractivity contribution in [1.29, 1.82) is 0 Å². The first-order valence-corrected chi connectivity index (χ1v) is 5.89. The smallest absolute Gasteiger partial charge is 0.145 e. The summed E-state index contributed by atoms with van der Waals surface area (Å²) in [6, 6.07) is 5.04. The quantitative estimate of drug-likeness (QED) is 0.566. The molecular weight excluding hydrogens is 230 g/mol. The zero-order valence-electron chi connectivity index (χ0n) is 6.90. The van der Waals surface area contributed by atoms with Crippen molar-refractivity contribution in [3.63, 3.8) is 0 Å². The van der Waals surface area contributed by atoms with Crippen LogP contribution in [0.15, 0.2) is 18.2 Å². The molecule has 0 spiro atoms. The molecule has 1 aromatic rings. The lowest BCUT2D eigenvalue weighted by molar-refractivity contribution is 0.618. The van der Waals surface area contributed by atoms with Gasteiger partial charge in [-0.3, -0.25) is 0 Å². The molecule has 0 atom stereocenters. The lowest BCUT2D eigenvalue weighted by Gasteiger charge is -2.02. The predicted molar refractivity (Wildman–Crippen MR) is 58.3 cm³/mol. The number of hydrogen-bond acceptors (Lipinski definition) is 1. The van der Waals surface area contributed by atoms with Gasteiger partial charge in [-0.1, -0.05) is 23.7 Å². The highest BCUT2D eigenvalue weighted by atomic mass is 35.5. The summed E-state index contributed by atoms with van der Waals surface area (Å²) in [6.07, 6.45) is 0. The molecule has 0 aromatic heterocycles. The molecule has 0 amide bonds. The van der Waals surface area contributed by atoms with Gasteiger partial charge in [0.2, 0.25) is 0 Å². The van der Waals surface area contributed by atoms with Crippen LogP contribution in [0.5, 0.6) is 0 Å². The Labute approximate surface area is 91.4 Å². The Hall–Kier alpha value is 0.0800. The minimum absolute atomic E-state index is 0.184. The van der Waals surface area contributed by atoms with Crippen LogP contribution in [0.25, 0.3) is 0 Å². The van der Waals surface area contributed by atoms with Gasteiger partial charge in [0.15, 0.2) is 0 Å². The SMILES string of the molecule is Fc1c(Cl)cccc1CSCCCl. The monoisotopic (exact) mass is 238 g/mol. The van der Waals surface area contributed by atoms with Crippen LogP contribution in [0, 0.1) is 5.82 Å². The Morgan fingerprint density at radius 3 is 2.85 bits per heavy atom. The van der Waals surface area contributed by atoms with Crippen molar-refractivity contribution in [2.75, 3.05) is 11.6 Å². The third-order valence-corrected chi connectivity index (χ3v) is 3.22. The van der Waals surface area contributed by atoms with E-state index in [9.17, 15) is 4.39 Å². The van der Waals surface area contributed by atoms with E-state index in [-0.39, 0.29) is 10.8 Å². The van der Waals surface area contributed by atoms with Gasteiger partial charge in [-0.25, -0.2) is 4.39 Å². The molecule has 0 fully saturated rings. The van der Waals surface area contributed by atoms with Gasteiger partial charge >= 0.3 is 0 Å². The van der Waals surface area contributed by atoms with Crippen molar-refractivity contribution >= 4 is 35.0 Å². The summed E-state index contributed by atoms with van der Waals surface area (Å²) in [5.41, 5.74) is 0.641. The normalized spacial score (nSPS) is 10.4. The number of rotatable bonds is 4. The van der Waals surface area contributed by atoms with E-state index in [0.717, 1.165) is 5.75 Å². The molecule has 0 aliphatic heterocycles. The van der Waals surface area contributed by atoms with Gasteiger partial charge in [-0.05, 0) is 11.6 Å². The largest absolute Gasteiger partial charge is 0.205 e. The Kier molecular flexibility index (Phi) is 4.92. The second-order valence-electron chi connectivity index (χ2n) is 2.45. The summed E-state index contributed by atoms with van der Waals surface area (Å²) in [4.78, 5) is 0. The van der Waals surface area contributed by atoms with E-state index < -0.39 is 0 Å². The number of halogens is 3. The molecule has 0 radical (unpaired) electrons. The summed E-state index contributed by atoms with van der Waals surface area (Å²) in [5.74, 6) is 1.73. The molecule has 0 heterocycles. The molecule has 13 heavy (non-hydrogen) atoms. The van der Waals surface area contributed by atoms with Crippen molar-refractivity contribution in [3.05, 3.63) is 34.6 Å². The van der Waals surface area contributed by atoms with Crippen LogP contribution >= 0.6 is 35.0 Å². The molecule has 0 aliphatic rings. The van der Waals surface area contributed by atoms with Gasteiger partial charge in [0.05, 0.1) is 5.02 Å². The third kappa shape index (κ3) is 3.37. The maximum absolute atomic E-state index is 13.3. The van der Waals surface area contributed by atoms with E-state index in [1.165, 1.54) is 0 Å².